The second-order valence-corrected chi connectivity index (χ2v) is 7.17. The Hall–Kier alpha value is -2.14. The number of carbonyl (C=O) groups is 1. The zero-order valence-corrected chi connectivity index (χ0v) is 13.1. The summed E-state index contributed by atoms with van der Waals surface area (Å²) in [6, 6.07) is 18.6. The molecule has 0 unspecified atom stereocenters. The van der Waals surface area contributed by atoms with Gasteiger partial charge in [-0.1, -0.05) is 60.7 Å². The van der Waals surface area contributed by atoms with Crippen molar-refractivity contribution in [1.29, 1.82) is 0 Å². The van der Waals surface area contributed by atoms with Crippen LogP contribution in [-0.4, -0.2) is 26.6 Å². The van der Waals surface area contributed by atoms with Crippen LogP contribution in [0.25, 0.3) is 0 Å². The molecule has 22 heavy (non-hydrogen) atoms. The van der Waals surface area contributed by atoms with E-state index < -0.39 is 21.5 Å². The fourth-order valence-corrected chi connectivity index (χ4v) is 3.42. The molecule has 1 N–H and O–H groups in total. The molecule has 2 aromatic rings. The second-order valence-electron chi connectivity index (χ2n) is 5.10. The molecule has 0 aliphatic heterocycles. The minimum Gasteiger partial charge on any atom is -0.355 e. The van der Waals surface area contributed by atoms with Crippen LogP contribution in [0.1, 0.15) is 11.1 Å². The minimum absolute atomic E-state index is 0.111. The second kappa shape index (κ2) is 7.75. The number of hydrogen-bond donors (Lipinski definition) is 1. The highest BCUT2D eigenvalue weighted by atomic mass is 32.2. The maximum Gasteiger partial charge on any atom is 0.235 e. The molecule has 0 saturated heterocycles. The van der Waals surface area contributed by atoms with E-state index in [-0.39, 0.29) is 5.75 Å². The summed E-state index contributed by atoms with van der Waals surface area (Å²) in [6.07, 6.45) is 0.686. The number of nitrogens with one attached hydrogen (secondary N) is 1. The van der Waals surface area contributed by atoms with Gasteiger partial charge >= 0.3 is 0 Å². The first kappa shape index (κ1) is 16.2. The van der Waals surface area contributed by atoms with Crippen molar-refractivity contribution in [3.05, 3.63) is 71.8 Å². The van der Waals surface area contributed by atoms with Crippen molar-refractivity contribution in [3.8, 4) is 0 Å². The quantitative estimate of drug-likeness (QED) is 0.849. The number of hydrogen-bond acceptors (Lipinski definition) is 3. The molecule has 0 aliphatic rings. The molecule has 0 aliphatic carbocycles. The molecule has 0 spiro atoms. The third-order valence-corrected chi connectivity index (χ3v) is 4.63. The summed E-state index contributed by atoms with van der Waals surface area (Å²) in [7, 11) is -3.44. The number of carbonyl (C=O) groups excluding carboxylic acids is 1. The van der Waals surface area contributed by atoms with Crippen molar-refractivity contribution in [2.45, 2.75) is 12.2 Å². The van der Waals surface area contributed by atoms with Gasteiger partial charge < -0.3 is 5.32 Å². The predicted molar refractivity (Wildman–Crippen MR) is 87.1 cm³/mol. The maximum atomic E-state index is 12.0. The van der Waals surface area contributed by atoms with Crippen LogP contribution in [0.4, 0.5) is 0 Å². The molecular weight excluding hydrogens is 298 g/mol. The van der Waals surface area contributed by atoms with E-state index in [0.29, 0.717) is 18.5 Å². The Labute approximate surface area is 131 Å². The number of sulfone groups is 1. The van der Waals surface area contributed by atoms with E-state index in [0.717, 1.165) is 5.56 Å². The average molecular weight is 317 g/mol. The van der Waals surface area contributed by atoms with Crippen LogP contribution in [0.2, 0.25) is 0 Å². The van der Waals surface area contributed by atoms with Crippen molar-refractivity contribution >= 4 is 15.7 Å². The zero-order chi connectivity index (χ0) is 15.8. The van der Waals surface area contributed by atoms with Gasteiger partial charge in [0.25, 0.3) is 0 Å². The van der Waals surface area contributed by atoms with Gasteiger partial charge in [-0.3, -0.25) is 4.79 Å². The van der Waals surface area contributed by atoms with E-state index in [1.165, 1.54) is 0 Å². The SMILES string of the molecule is O=C(CS(=O)(=O)Cc1ccccc1)NCCc1ccccc1. The van der Waals surface area contributed by atoms with Crippen LogP contribution in [0.5, 0.6) is 0 Å². The van der Waals surface area contributed by atoms with Crippen LogP contribution in [0.15, 0.2) is 60.7 Å². The molecule has 1 amide bonds. The first-order chi connectivity index (χ1) is 10.6. The maximum absolute atomic E-state index is 12.0. The van der Waals surface area contributed by atoms with E-state index >= 15 is 0 Å². The lowest BCUT2D eigenvalue weighted by atomic mass is 10.1. The van der Waals surface area contributed by atoms with Crippen molar-refractivity contribution in [2.24, 2.45) is 0 Å². The van der Waals surface area contributed by atoms with Gasteiger partial charge in [0.2, 0.25) is 5.91 Å². The molecule has 0 bridgehead atoms. The highest BCUT2D eigenvalue weighted by Crippen LogP contribution is 2.06. The van der Waals surface area contributed by atoms with E-state index in [1.807, 2.05) is 36.4 Å². The van der Waals surface area contributed by atoms with E-state index in [1.54, 1.807) is 24.3 Å². The van der Waals surface area contributed by atoms with Crippen LogP contribution >= 0.6 is 0 Å². The Morgan fingerprint density at radius 1 is 0.864 bits per heavy atom. The largest absolute Gasteiger partial charge is 0.355 e. The van der Waals surface area contributed by atoms with Crippen LogP contribution in [-0.2, 0) is 26.8 Å². The van der Waals surface area contributed by atoms with Crippen molar-refractivity contribution in [3.63, 3.8) is 0 Å². The predicted octanol–water partition coefficient (Wildman–Crippen LogP) is 1.96. The first-order valence-corrected chi connectivity index (χ1v) is 8.92. The molecule has 0 radical (unpaired) electrons. The molecule has 2 rings (SSSR count). The van der Waals surface area contributed by atoms with Gasteiger partial charge in [-0.25, -0.2) is 8.42 Å². The Balaban J connectivity index is 1.78. The molecule has 0 fully saturated rings. The Kier molecular flexibility index (Phi) is 5.72. The molecule has 0 aromatic heterocycles. The van der Waals surface area contributed by atoms with Gasteiger partial charge in [0.05, 0.1) is 5.75 Å². The lowest BCUT2D eigenvalue weighted by Gasteiger charge is -2.07. The van der Waals surface area contributed by atoms with E-state index in [4.69, 9.17) is 0 Å². The zero-order valence-electron chi connectivity index (χ0n) is 12.2. The average Bonchev–Trinajstić information content (AvgIpc) is 2.48. The lowest BCUT2D eigenvalue weighted by molar-refractivity contribution is -0.118. The number of benzene rings is 2. The normalized spacial score (nSPS) is 11.1. The molecule has 5 heteroatoms. The molecule has 116 valence electrons. The smallest absolute Gasteiger partial charge is 0.235 e. The fraction of sp³-hybridized carbons (Fsp3) is 0.235. The Morgan fingerprint density at radius 3 is 2.00 bits per heavy atom. The molecule has 0 saturated carbocycles. The summed E-state index contributed by atoms with van der Waals surface area (Å²) in [5.41, 5.74) is 1.80. The highest BCUT2D eigenvalue weighted by molar-refractivity contribution is 7.91. The van der Waals surface area contributed by atoms with Gasteiger partial charge in [-0.05, 0) is 17.5 Å². The molecule has 0 atom stereocenters. The third kappa shape index (κ3) is 5.69. The fourth-order valence-electron chi connectivity index (χ4n) is 2.12. The summed E-state index contributed by atoms with van der Waals surface area (Å²) in [5.74, 6) is -1.04. The van der Waals surface area contributed by atoms with Gasteiger partial charge in [-0.2, -0.15) is 0 Å². The van der Waals surface area contributed by atoms with Gasteiger partial charge in [0, 0.05) is 6.54 Å². The van der Waals surface area contributed by atoms with Crippen LogP contribution in [0, 0.1) is 0 Å². The minimum atomic E-state index is -3.44. The summed E-state index contributed by atoms with van der Waals surface area (Å²) in [4.78, 5) is 11.7. The van der Waals surface area contributed by atoms with E-state index in [9.17, 15) is 13.2 Å². The first-order valence-electron chi connectivity index (χ1n) is 7.10. The van der Waals surface area contributed by atoms with Crippen molar-refractivity contribution in [1.82, 2.24) is 5.32 Å². The van der Waals surface area contributed by atoms with Gasteiger partial charge in [0.15, 0.2) is 9.84 Å². The van der Waals surface area contributed by atoms with Crippen LogP contribution in [0.3, 0.4) is 0 Å². The topological polar surface area (TPSA) is 63.2 Å². The molecule has 2 aromatic carbocycles. The standard InChI is InChI=1S/C17H19NO3S/c19-17(18-12-11-15-7-3-1-4-8-15)14-22(20,21)13-16-9-5-2-6-10-16/h1-10H,11-14H2,(H,18,19). The Morgan fingerprint density at radius 2 is 1.41 bits per heavy atom. The van der Waals surface area contributed by atoms with Gasteiger partial charge in [-0.15, -0.1) is 0 Å². The van der Waals surface area contributed by atoms with Gasteiger partial charge in [0.1, 0.15) is 5.75 Å². The van der Waals surface area contributed by atoms with E-state index in [2.05, 4.69) is 5.32 Å². The lowest BCUT2D eigenvalue weighted by Crippen LogP contribution is -2.32. The number of amides is 1. The summed E-state index contributed by atoms with van der Waals surface area (Å²) >= 11 is 0. The summed E-state index contributed by atoms with van der Waals surface area (Å²) in [6.45, 7) is 0.434. The monoisotopic (exact) mass is 317 g/mol. The Bertz CT molecular complexity index is 697. The number of rotatable bonds is 7. The summed E-state index contributed by atoms with van der Waals surface area (Å²) < 4.78 is 24.0. The highest BCUT2D eigenvalue weighted by Gasteiger charge is 2.16. The molecule has 0 heterocycles. The third-order valence-electron chi connectivity index (χ3n) is 3.16. The van der Waals surface area contributed by atoms with Crippen molar-refractivity contribution in [2.75, 3.05) is 12.3 Å². The van der Waals surface area contributed by atoms with Crippen LogP contribution < -0.4 is 5.32 Å². The summed E-state index contributed by atoms with van der Waals surface area (Å²) in [5, 5.41) is 2.65. The molecular formula is C17H19NO3S. The van der Waals surface area contributed by atoms with Crippen molar-refractivity contribution < 1.29 is 13.2 Å². The molecule has 4 nitrogen and oxygen atoms in total.